The zero-order chi connectivity index (χ0) is 14.1. The van der Waals surface area contributed by atoms with Crippen molar-refractivity contribution in [3.8, 4) is 0 Å². The molecule has 0 spiro atoms. The molecule has 0 aliphatic carbocycles. The van der Waals surface area contributed by atoms with Crippen molar-refractivity contribution in [2.45, 2.75) is 57.9 Å². The van der Waals surface area contributed by atoms with Gasteiger partial charge < -0.3 is 5.32 Å². The lowest BCUT2D eigenvalue weighted by Crippen LogP contribution is -2.27. The van der Waals surface area contributed by atoms with Crippen molar-refractivity contribution < 1.29 is 0 Å². The van der Waals surface area contributed by atoms with Gasteiger partial charge in [-0.05, 0) is 37.6 Å². The average molecular weight is 302 g/mol. The number of hydrogen-bond donors (Lipinski definition) is 1. The summed E-state index contributed by atoms with van der Waals surface area (Å²) in [5.41, 5.74) is 1.07. The Morgan fingerprint density at radius 1 is 1.05 bits per heavy atom. The Labute approximate surface area is 127 Å². The predicted molar refractivity (Wildman–Crippen MR) is 86.4 cm³/mol. The first-order chi connectivity index (χ1) is 9.19. The number of unbranched alkanes of at least 4 members (excludes halogenated alkanes) is 4. The first-order valence-electron chi connectivity index (χ1n) is 7.29. The maximum absolute atomic E-state index is 6.22. The molecule has 1 N–H and O–H groups in total. The van der Waals surface area contributed by atoms with Crippen molar-refractivity contribution in [2.24, 2.45) is 0 Å². The van der Waals surface area contributed by atoms with Gasteiger partial charge >= 0.3 is 0 Å². The molecule has 1 aromatic carbocycles. The second-order valence-corrected chi connectivity index (χ2v) is 5.91. The van der Waals surface area contributed by atoms with Crippen molar-refractivity contribution in [2.75, 3.05) is 7.05 Å². The highest BCUT2D eigenvalue weighted by Gasteiger charge is 2.12. The summed E-state index contributed by atoms with van der Waals surface area (Å²) in [4.78, 5) is 0. The van der Waals surface area contributed by atoms with Crippen molar-refractivity contribution in [3.63, 3.8) is 0 Å². The van der Waals surface area contributed by atoms with Crippen LogP contribution in [0.2, 0.25) is 10.0 Å². The molecule has 1 rings (SSSR count). The molecule has 0 saturated heterocycles. The van der Waals surface area contributed by atoms with Crippen LogP contribution in [0.5, 0.6) is 0 Å². The first-order valence-corrected chi connectivity index (χ1v) is 8.04. The molecule has 1 unspecified atom stereocenters. The van der Waals surface area contributed by atoms with Gasteiger partial charge in [-0.25, -0.2) is 0 Å². The maximum Gasteiger partial charge on any atom is 0.0453 e. The summed E-state index contributed by atoms with van der Waals surface area (Å²) < 4.78 is 0. The third-order valence-corrected chi connectivity index (χ3v) is 4.28. The Bertz CT molecular complexity index is 346. The van der Waals surface area contributed by atoms with Gasteiger partial charge in [0.05, 0.1) is 0 Å². The fourth-order valence-corrected chi connectivity index (χ4v) is 2.87. The summed E-state index contributed by atoms with van der Waals surface area (Å²) in [5.74, 6) is 0. The van der Waals surface area contributed by atoms with Gasteiger partial charge in [0.2, 0.25) is 0 Å². The molecule has 1 nitrogen and oxygen atoms in total. The second-order valence-electron chi connectivity index (χ2n) is 5.09. The Kier molecular flexibility index (Phi) is 8.52. The highest BCUT2D eigenvalue weighted by Crippen LogP contribution is 2.26. The van der Waals surface area contributed by atoms with Crippen LogP contribution in [0.3, 0.4) is 0 Å². The molecule has 0 radical (unpaired) electrons. The number of benzene rings is 1. The number of halogens is 2. The molecule has 19 heavy (non-hydrogen) atoms. The van der Waals surface area contributed by atoms with Gasteiger partial charge in [0, 0.05) is 16.1 Å². The SMILES string of the molecule is CCCCCCCC(Cc1c(Cl)cccc1Cl)NC. The third-order valence-electron chi connectivity index (χ3n) is 3.58. The molecule has 0 saturated carbocycles. The van der Waals surface area contributed by atoms with Crippen LogP contribution in [0.15, 0.2) is 18.2 Å². The van der Waals surface area contributed by atoms with Gasteiger partial charge in [0.15, 0.2) is 0 Å². The molecule has 0 heterocycles. The van der Waals surface area contributed by atoms with Gasteiger partial charge in [-0.2, -0.15) is 0 Å². The summed E-state index contributed by atoms with van der Waals surface area (Å²) >= 11 is 12.4. The zero-order valence-electron chi connectivity index (χ0n) is 12.0. The van der Waals surface area contributed by atoms with E-state index in [4.69, 9.17) is 23.2 Å². The summed E-state index contributed by atoms with van der Waals surface area (Å²) in [6, 6.07) is 6.18. The number of likely N-dealkylation sites (N-methyl/N-ethyl adjacent to an activating group) is 1. The van der Waals surface area contributed by atoms with Crippen molar-refractivity contribution in [1.29, 1.82) is 0 Å². The summed E-state index contributed by atoms with van der Waals surface area (Å²) in [6.45, 7) is 2.25. The molecule has 0 aliphatic rings. The van der Waals surface area contributed by atoms with E-state index in [1.807, 2.05) is 25.2 Å². The van der Waals surface area contributed by atoms with E-state index in [1.54, 1.807) is 0 Å². The predicted octanol–water partition coefficient (Wildman–Crippen LogP) is 5.48. The number of nitrogens with one attached hydrogen (secondary N) is 1. The highest BCUT2D eigenvalue weighted by molar-refractivity contribution is 6.35. The van der Waals surface area contributed by atoms with Crippen LogP contribution >= 0.6 is 23.2 Å². The number of hydrogen-bond acceptors (Lipinski definition) is 1. The quantitative estimate of drug-likeness (QED) is 0.595. The largest absolute Gasteiger partial charge is 0.317 e. The molecule has 0 aliphatic heterocycles. The van der Waals surface area contributed by atoms with E-state index < -0.39 is 0 Å². The fraction of sp³-hybridized carbons (Fsp3) is 0.625. The summed E-state index contributed by atoms with van der Waals surface area (Å²) in [5, 5.41) is 4.93. The molecule has 0 amide bonds. The minimum atomic E-state index is 0.457. The molecule has 3 heteroatoms. The normalized spacial score (nSPS) is 12.6. The zero-order valence-corrected chi connectivity index (χ0v) is 13.5. The summed E-state index contributed by atoms with van der Waals surface area (Å²) in [7, 11) is 2.02. The Morgan fingerprint density at radius 3 is 2.26 bits per heavy atom. The third kappa shape index (κ3) is 6.16. The maximum atomic E-state index is 6.22. The fourth-order valence-electron chi connectivity index (χ4n) is 2.32. The van der Waals surface area contributed by atoms with E-state index in [0.29, 0.717) is 6.04 Å². The van der Waals surface area contributed by atoms with Crippen LogP contribution in [-0.4, -0.2) is 13.1 Å². The molecule has 1 atom stereocenters. The van der Waals surface area contributed by atoms with Crippen LogP contribution in [0, 0.1) is 0 Å². The second kappa shape index (κ2) is 9.63. The Hall–Kier alpha value is -0.240. The van der Waals surface area contributed by atoms with E-state index in [-0.39, 0.29) is 0 Å². The van der Waals surface area contributed by atoms with E-state index in [2.05, 4.69) is 12.2 Å². The Balaban J connectivity index is 2.43. The van der Waals surface area contributed by atoms with Crippen molar-refractivity contribution >= 4 is 23.2 Å². The van der Waals surface area contributed by atoms with E-state index >= 15 is 0 Å². The van der Waals surface area contributed by atoms with Crippen LogP contribution in [0.4, 0.5) is 0 Å². The molecule has 0 aromatic heterocycles. The van der Waals surface area contributed by atoms with E-state index in [1.165, 1.54) is 38.5 Å². The molecule has 0 fully saturated rings. The lowest BCUT2D eigenvalue weighted by atomic mass is 10.00. The lowest BCUT2D eigenvalue weighted by molar-refractivity contribution is 0.482. The monoisotopic (exact) mass is 301 g/mol. The van der Waals surface area contributed by atoms with Crippen LogP contribution in [0.25, 0.3) is 0 Å². The summed E-state index contributed by atoms with van der Waals surface area (Å²) in [6.07, 6.45) is 8.67. The van der Waals surface area contributed by atoms with Gasteiger partial charge in [-0.1, -0.05) is 68.3 Å². The van der Waals surface area contributed by atoms with Gasteiger partial charge in [-0.3, -0.25) is 0 Å². The smallest absolute Gasteiger partial charge is 0.0453 e. The van der Waals surface area contributed by atoms with E-state index in [9.17, 15) is 0 Å². The van der Waals surface area contributed by atoms with Gasteiger partial charge in [0.1, 0.15) is 0 Å². The Morgan fingerprint density at radius 2 is 1.68 bits per heavy atom. The standard InChI is InChI=1S/C16H25Cl2N/c1-3-4-5-6-7-9-13(19-2)12-14-15(17)10-8-11-16(14)18/h8,10-11,13,19H,3-7,9,12H2,1-2H3. The highest BCUT2D eigenvalue weighted by atomic mass is 35.5. The van der Waals surface area contributed by atoms with E-state index in [0.717, 1.165) is 22.0 Å². The molecular weight excluding hydrogens is 277 g/mol. The van der Waals surface area contributed by atoms with Crippen LogP contribution in [-0.2, 0) is 6.42 Å². The molecular formula is C16H25Cl2N. The lowest BCUT2D eigenvalue weighted by Gasteiger charge is -2.17. The minimum absolute atomic E-state index is 0.457. The average Bonchev–Trinajstić information content (AvgIpc) is 2.40. The number of rotatable bonds is 9. The molecule has 0 bridgehead atoms. The van der Waals surface area contributed by atoms with Gasteiger partial charge in [-0.15, -0.1) is 0 Å². The van der Waals surface area contributed by atoms with Crippen LogP contribution < -0.4 is 5.32 Å². The van der Waals surface area contributed by atoms with Crippen molar-refractivity contribution in [1.82, 2.24) is 5.32 Å². The first kappa shape index (κ1) is 16.8. The minimum Gasteiger partial charge on any atom is -0.317 e. The van der Waals surface area contributed by atoms with Gasteiger partial charge in [0.25, 0.3) is 0 Å². The molecule has 108 valence electrons. The van der Waals surface area contributed by atoms with Crippen LogP contribution in [0.1, 0.15) is 51.0 Å². The molecule has 1 aromatic rings. The van der Waals surface area contributed by atoms with Crippen molar-refractivity contribution in [3.05, 3.63) is 33.8 Å². The topological polar surface area (TPSA) is 12.0 Å².